The lowest BCUT2D eigenvalue weighted by atomic mass is 10.1. The van der Waals surface area contributed by atoms with Gasteiger partial charge in [-0.3, -0.25) is 0 Å². The SMILES string of the molecule is c1ccc([C@@H]2CCS2)cc1. The van der Waals surface area contributed by atoms with Gasteiger partial charge < -0.3 is 0 Å². The van der Waals surface area contributed by atoms with E-state index in [1.54, 1.807) is 0 Å². The van der Waals surface area contributed by atoms with Crippen LogP contribution in [0.4, 0.5) is 0 Å². The molecule has 1 heterocycles. The Morgan fingerprint density at radius 2 is 1.90 bits per heavy atom. The fourth-order valence-corrected chi connectivity index (χ4v) is 1.99. The van der Waals surface area contributed by atoms with Gasteiger partial charge in [-0.25, -0.2) is 0 Å². The molecule has 1 fully saturated rings. The van der Waals surface area contributed by atoms with E-state index < -0.39 is 0 Å². The minimum Gasteiger partial charge on any atom is -0.154 e. The van der Waals surface area contributed by atoms with Crippen LogP contribution in [0.1, 0.15) is 17.2 Å². The van der Waals surface area contributed by atoms with Gasteiger partial charge in [-0.2, -0.15) is 11.8 Å². The van der Waals surface area contributed by atoms with E-state index in [-0.39, 0.29) is 0 Å². The van der Waals surface area contributed by atoms with E-state index in [9.17, 15) is 0 Å². The van der Waals surface area contributed by atoms with Crippen LogP contribution >= 0.6 is 11.8 Å². The van der Waals surface area contributed by atoms with Gasteiger partial charge in [-0.15, -0.1) is 0 Å². The van der Waals surface area contributed by atoms with Crippen LogP contribution in [0, 0.1) is 0 Å². The summed E-state index contributed by atoms with van der Waals surface area (Å²) in [7, 11) is 0. The molecule has 1 aromatic rings. The Morgan fingerprint density at radius 1 is 1.20 bits per heavy atom. The molecule has 2 rings (SSSR count). The zero-order chi connectivity index (χ0) is 6.81. The van der Waals surface area contributed by atoms with Gasteiger partial charge in [0.05, 0.1) is 0 Å². The predicted molar refractivity (Wildman–Crippen MR) is 46.3 cm³/mol. The van der Waals surface area contributed by atoms with Crippen molar-refractivity contribution in [1.29, 1.82) is 0 Å². The Hall–Kier alpha value is -0.430. The molecule has 0 unspecified atom stereocenters. The molecule has 0 aromatic heterocycles. The second-order valence-corrected chi connectivity index (χ2v) is 3.87. The van der Waals surface area contributed by atoms with Crippen molar-refractivity contribution in [3.05, 3.63) is 35.9 Å². The summed E-state index contributed by atoms with van der Waals surface area (Å²) in [4.78, 5) is 0. The van der Waals surface area contributed by atoms with Crippen LogP contribution in [-0.4, -0.2) is 5.75 Å². The highest BCUT2D eigenvalue weighted by molar-refractivity contribution is 8.00. The average Bonchev–Trinajstić information content (AvgIpc) is 1.86. The first-order valence-electron chi connectivity index (χ1n) is 3.63. The molecule has 1 saturated heterocycles. The molecule has 0 radical (unpaired) electrons. The van der Waals surface area contributed by atoms with Gasteiger partial charge in [0, 0.05) is 5.25 Å². The van der Waals surface area contributed by atoms with Crippen LogP contribution in [0.3, 0.4) is 0 Å². The van der Waals surface area contributed by atoms with E-state index in [0.717, 1.165) is 5.25 Å². The van der Waals surface area contributed by atoms with Crippen LogP contribution < -0.4 is 0 Å². The standard InChI is InChI=1S/C9H10S/c1-2-4-8(5-3-1)9-6-7-10-9/h1-5,9H,6-7H2/t9-/m0/s1. The van der Waals surface area contributed by atoms with Gasteiger partial charge in [-0.1, -0.05) is 30.3 Å². The van der Waals surface area contributed by atoms with Gasteiger partial charge in [0.2, 0.25) is 0 Å². The Bertz CT molecular complexity index is 201. The van der Waals surface area contributed by atoms with Gasteiger partial charge in [0.1, 0.15) is 0 Å². The van der Waals surface area contributed by atoms with Crippen molar-refractivity contribution in [2.45, 2.75) is 11.7 Å². The minimum atomic E-state index is 0.807. The van der Waals surface area contributed by atoms with Gasteiger partial charge in [0.15, 0.2) is 0 Å². The molecular weight excluding hydrogens is 140 g/mol. The Kier molecular flexibility index (Phi) is 1.68. The second kappa shape index (κ2) is 2.67. The van der Waals surface area contributed by atoms with E-state index in [2.05, 4.69) is 42.1 Å². The predicted octanol–water partition coefficient (Wildman–Crippen LogP) is 2.86. The molecule has 0 N–H and O–H groups in total. The summed E-state index contributed by atoms with van der Waals surface area (Å²) in [6, 6.07) is 10.8. The van der Waals surface area contributed by atoms with Crippen LogP contribution in [0.5, 0.6) is 0 Å². The number of thioether (sulfide) groups is 1. The van der Waals surface area contributed by atoms with Gasteiger partial charge in [-0.05, 0) is 17.7 Å². The van der Waals surface area contributed by atoms with Crippen molar-refractivity contribution in [3.8, 4) is 0 Å². The van der Waals surface area contributed by atoms with E-state index in [0.29, 0.717) is 0 Å². The molecule has 1 heteroatoms. The molecular formula is C9H10S. The Morgan fingerprint density at radius 3 is 2.40 bits per heavy atom. The molecule has 0 saturated carbocycles. The van der Waals surface area contributed by atoms with Crippen LogP contribution in [0.25, 0.3) is 0 Å². The average molecular weight is 150 g/mol. The Labute approximate surface area is 65.6 Å². The molecule has 0 amide bonds. The van der Waals surface area contributed by atoms with Crippen molar-refractivity contribution >= 4 is 11.8 Å². The van der Waals surface area contributed by atoms with Crippen molar-refractivity contribution < 1.29 is 0 Å². The zero-order valence-electron chi connectivity index (χ0n) is 5.79. The molecule has 52 valence electrons. The van der Waals surface area contributed by atoms with Crippen molar-refractivity contribution in [2.24, 2.45) is 0 Å². The molecule has 0 nitrogen and oxygen atoms in total. The molecule has 1 aliphatic heterocycles. The summed E-state index contributed by atoms with van der Waals surface area (Å²) in [5.74, 6) is 1.35. The number of hydrogen-bond donors (Lipinski definition) is 0. The maximum Gasteiger partial charge on any atom is 0.0305 e. The molecule has 0 spiro atoms. The van der Waals surface area contributed by atoms with Crippen LogP contribution in [0.15, 0.2) is 30.3 Å². The topological polar surface area (TPSA) is 0 Å². The summed E-state index contributed by atoms with van der Waals surface area (Å²) in [6.07, 6.45) is 1.37. The van der Waals surface area contributed by atoms with E-state index in [1.165, 1.54) is 17.7 Å². The van der Waals surface area contributed by atoms with Crippen molar-refractivity contribution in [1.82, 2.24) is 0 Å². The van der Waals surface area contributed by atoms with Gasteiger partial charge in [0.25, 0.3) is 0 Å². The quantitative estimate of drug-likeness (QED) is 0.593. The molecule has 10 heavy (non-hydrogen) atoms. The third kappa shape index (κ3) is 1.06. The highest BCUT2D eigenvalue weighted by Gasteiger charge is 2.18. The van der Waals surface area contributed by atoms with Crippen LogP contribution in [0.2, 0.25) is 0 Å². The van der Waals surface area contributed by atoms with Crippen molar-refractivity contribution in [3.63, 3.8) is 0 Å². The van der Waals surface area contributed by atoms with Gasteiger partial charge >= 0.3 is 0 Å². The fraction of sp³-hybridized carbons (Fsp3) is 0.333. The third-order valence-electron chi connectivity index (χ3n) is 1.87. The lowest BCUT2D eigenvalue weighted by Crippen LogP contribution is -2.05. The minimum absolute atomic E-state index is 0.807. The first-order chi connectivity index (χ1) is 4.97. The molecule has 1 aliphatic rings. The van der Waals surface area contributed by atoms with Crippen LogP contribution in [-0.2, 0) is 0 Å². The lowest BCUT2D eigenvalue weighted by molar-refractivity contribution is 0.849. The summed E-state index contributed by atoms with van der Waals surface area (Å²) in [5, 5.41) is 0.807. The lowest BCUT2D eigenvalue weighted by Gasteiger charge is -2.24. The normalized spacial score (nSPS) is 23.8. The second-order valence-electron chi connectivity index (χ2n) is 2.56. The number of benzene rings is 1. The fourth-order valence-electron chi connectivity index (χ4n) is 1.17. The molecule has 1 aromatic carbocycles. The van der Waals surface area contributed by atoms with Crippen molar-refractivity contribution in [2.75, 3.05) is 5.75 Å². The molecule has 0 bridgehead atoms. The third-order valence-corrected chi connectivity index (χ3v) is 3.25. The molecule has 1 atom stereocenters. The Balaban J connectivity index is 2.18. The summed E-state index contributed by atoms with van der Waals surface area (Å²) < 4.78 is 0. The highest BCUT2D eigenvalue weighted by Crippen LogP contribution is 2.41. The summed E-state index contributed by atoms with van der Waals surface area (Å²) in [6.45, 7) is 0. The van der Waals surface area contributed by atoms with E-state index >= 15 is 0 Å². The number of rotatable bonds is 1. The molecule has 0 aliphatic carbocycles. The summed E-state index contributed by atoms with van der Waals surface area (Å²) >= 11 is 2.06. The first-order valence-corrected chi connectivity index (χ1v) is 4.68. The monoisotopic (exact) mass is 150 g/mol. The van der Waals surface area contributed by atoms with E-state index in [4.69, 9.17) is 0 Å². The van der Waals surface area contributed by atoms with E-state index in [1.807, 2.05) is 0 Å². The number of hydrogen-bond acceptors (Lipinski definition) is 1. The maximum atomic E-state index is 2.22. The smallest absolute Gasteiger partial charge is 0.0305 e. The zero-order valence-corrected chi connectivity index (χ0v) is 6.60. The largest absolute Gasteiger partial charge is 0.154 e. The first kappa shape index (κ1) is 6.29. The summed E-state index contributed by atoms with van der Waals surface area (Å²) in [5.41, 5.74) is 1.50. The maximum absolute atomic E-state index is 2.22. The highest BCUT2D eigenvalue weighted by atomic mass is 32.2.